The van der Waals surface area contributed by atoms with Crippen molar-refractivity contribution in [3.63, 3.8) is 0 Å². The number of aromatic nitrogens is 1. The average Bonchev–Trinajstić information content (AvgIpc) is 2.99. The molecule has 3 rings (SSSR count). The minimum absolute atomic E-state index is 0.00665. The molecule has 0 unspecified atom stereocenters. The van der Waals surface area contributed by atoms with E-state index in [2.05, 4.69) is 0 Å². The van der Waals surface area contributed by atoms with Crippen molar-refractivity contribution in [3.05, 3.63) is 64.4 Å². The number of benzene rings is 2. The summed E-state index contributed by atoms with van der Waals surface area (Å²) in [6, 6.07) is 3.16. The Morgan fingerprint density at radius 3 is 2.37 bits per heavy atom. The lowest BCUT2D eigenvalue weighted by Gasteiger charge is -2.12. The third-order valence-electron chi connectivity index (χ3n) is 4.85. The highest BCUT2D eigenvalue weighted by Gasteiger charge is 2.31. The summed E-state index contributed by atoms with van der Waals surface area (Å²) in [7, 11) is 0. The minimum atomic E-state index is -1.35. The SMILES string of the molecule is CCOC(=O)[C@@H](C)c1c(C)n(C(=O)c2ccc(F)c(F)c2)c2cc(F)c(O)c(F)c12. The van der Waals surface area contributed by atoms with Gasteiger partial charge in [0, 0.05) is 22.7 Å². The molecule has 9 heteroatoms. The molecule has 3 aromatic rings. The number of esters is 1. The highest BCUT2D eigenvalue weighted by Crippen LogP contribution is 2.39. The maximum Gasteiger partial charge on any atom is 0.313 e. The second-order valence-corrected chi connectivity index (χ2v) is 6.66. The maximum atomic E-state index is 14.8. The Kier molecular flexibility index (Phi) is 5.56. The van der Waals surface area contributed by atoms with Crippen molar-refractivity contribution >= 4 is 22.8 Å². The fourth-order valence-electron chi connectivity index (χ4n) is 3.45. The molecule has 0 radical (unpaired) electrons. The summed E-state index contributed by atoms with van der Waals surface area (Å²) in [4.78, 5) is 25.3. The van der Waals surface area contributed by atoms with Crippen LogP contribution in [0.5, 0.6) is 5.75 Å². The summed E-state index contributed by atoms with van der Waals surface area (Å²) < 4.78 is 61.6. The lowest BCUT2D eigenvalue weighted by molar-refractivity contribution is -0.144. The van der Waals surface area contributed by atoms with E-state index in [9.17, 15) is 32.3 Å². The number of aromatic hydroxyl groups is 1. The Morgan fingerprint density at radius 2 is 1.77 bits per heavy atom. The molecule has 0 aliphatic rings. The van der Waals surface area contributed by atoms with E-state index in [4.69, 9.17) is 4.74 Å². The van der Waals surface area contributed by atoms with Gasteiger partial charge in [0.25, 0.3) is 5.91 Å². The molecule has 0 spiro atoms. The van der Waals surface area contributed by atoms with Crippen molar-refractivity contribution in [2.24, 2.45) is 0 Å². The number of hydrogen-bond acceptors (Lipinski definition) is 4. The van der Waals surface area contributed by atoms with Crippen LogP contribution in [0.3, 0.4) is 0 Å². The highest BCUT2D eigenvalue weighted by atomic mass is 19.2. The zero-order valence-corrected chi connectivity index (χ0v) is 16.2. The number of nitrogens with zero attached hydrogens (tertiary/aromatic N) is 1. The predicted octanol–water partition coefficient (Wildman–Crippen LogP) is 4.57. The largest absolute Gasteiger partial charge is 0.503 e. The Labute approximate surface area is 168 Å². The van der Waals surface area contributed by atoms with E-state index < -0.39 is 46.8 Å². The molecule has 1 heterocycles. The first-order valence-electron chi connectivity index (χ1n) is 8.98. The standard InChI is InChI=1S/C21H17F4NO4/c1-4-30-21(29)9(2)16-10(3)26(15-8-14(24)19(27)18(25)17(15)16)20(28)11-5-6-12(22)13(23)7-11/h5-9,27H,4H2,1-3H3/t9-/m0/s1. The van der Waals surface area contributed by atoms with Crippen molar-refractivity contribution < 1.29 is 37.0 Å². The van der Waals surface area contributed by atoms with Crippen molar-refractivity contribution in [2.45, 2.75) is 26.7 Å². The third kappa shape index (κ3) is 3.30. The van der Waals surface area contributed by atoms with Crippen LogP contribution < -0.4 is 0 Å². The van der Waals surface area contributed by atoms with Gasteiger partial charge >= 0.3 is 5.97 Å². The summed E-state index contributed by atoms with van der Waals surface area (Å²) >= 11 is 0. The Balaban J connectivity index is 2.34. The number of hydrogen-bond donors (Lipinski definition) is 1. The van der Waals surface area contributed by atoms with Crippen molar-refractivity contribution in [2.75, 3.05) is 6.61 Å². The molecule has 2 aromatic carbocycles. The van der Waals surface area contributed by atoms with Gasteiger partial charge in [0.2, 0.25) is 0 Å². The molecule has 30 heavy (non-hydrogen) atoms. The van der Waals surface area contributed by atoms with Gasteiger partial charge in [-0.1, -0.05) is 0 Å². The number of rotatable bonds is 4. The van der Waals surface area contributed by atoms with E-state index in [-0.39, 0.29) is 34.3 Å². The first-order chi connectivity index (χ1) is 14.1. The number of phenolic OH excluding ortho intramolecular Hbond substituents is 1. The summed E-state index contributed by atoms with van der Waals surface area (Å²) in [5.74, 6) is -9.07. The lowest BCUT2D eigenvalue weighted by Crippen LogP contribution is -2.17. The van der Waals surface area contributed by atoms with E-state index in [1.165, 1.54) is 13.8 Å². The zero-order valence-electron chi connectivity index (χ0n) is 16.2. The monoisotopic (exact) mass is 423 g/mol. The zero-order chi connectivity index (χ0) is 22.3. The molecule has 0 aliphatic heterocycles. The lowest BCUT2D eigenvalue weighted by atomic mass is 9.97. The molecular weight excluding hydrogens is 406 g/mol. The van der Waals surface area contributed by atoms with Crippen molar-refractivity contribution in [3.8, 4) is 5.75 Å². The van der Waals surface area contributed by atoms with Gasteiger partial charge in [0.05, 0.1) is 18.0 Å². The van der Waals surface area contributed by atoms with E-state index >= 15 is 0 Å². The molecule has 0 aliphatic carbocycles. The molecule has 0 saturated carbocycles. The molecule has 1 atom stereocenters. The normalized spacial score (nSPS) is 12.2. The van der Waals surface area contributed by atoms with E-state index in [1.54, 1.807) is 6.92 Å². The summed E-state index contributed by atoms with van der Waals surface area (Å²) in [5.41, 5.74) is -0.490. The molecule has 0 amide bonds. The number of phenols is 1. The Bertz CT molecular complexity index is 1190. The molecule has 0 fully saturated rings. The number of fused-ring (bicyclic) bond motifs is 1. The van der Waals surface area contributed by atoms with Gasteiger partial charge in [-0.05, 0) is 44.5 Å². The van der Waals surface area contributed by atoms with Crippen LogP contribution in [0.4, 0.5) is 17.6 Å². The van der Waals surface area contributed by atoms with Crippen LogP contribution in [-0.2, 0) is 9.53 Å². The van der Waals surface area contributed by atoms with Gasteiger partial charge in [0.1, 0.15) is 0 Å². The number of carbonyl (C=O) groups is 2. The Morgan fingerprint density at radius 1 is 1.10 bits per heavy atom. The number of ether oxygens (including phenoxy) is 1. The van der Waals surface area contributed by atoms with Gasteiger partial charge < -0.3 is 9.84 Å². The fourth-order valence-corrected chi connectivity index (χ4v) is 3.45. The van der Waals surface area contributed by atoms with Gasteiger partial charge in [0.15, 0.2) is 29.0 Å². The van der Waals surface area contributed by atoms with E-state index in [0.717, 1.165) is 22.8 Å². The topological polar surface area (TPSA) is 68.5 Å². The summed E-state index contributed by atoms with van der Waals surface area (Å²) in [6.07, 6.45) is 0. The highest BCUT2D eigenvalue weighted by molar-refractivity contribution is 6.05. The molecule has 158 valence electrons. The van der Waals surface area contributed by atoms with Crippen molar-refractivity contribution in [1.29, 1.82) is 0 Å². The number of carbonyl (C=O) groups excluding carboxylic acids is 2. The quantitative estimate of drug-likeness (QED) is 0.493. The Hall–Kier alpha value is -3.36. The smallest absolute Gasteiger partial charge is 0.313 e. The summed E-state index contributed by atoms with van der Waals surface area (Å²) in [6.45, 7) is 4.43. The molecule has 5 nitrogen and oxygen atoms in total. The van der Waals surface area contributed by atoms with Crippen LogP contribution in [0.1, 0.15) is 41.4 Å². The van der Waals surface area contributed by atoms with Crippen LogP contribution in [-0.4, -0.2) is 28.2 Å². The minimum Gasteiger partial charge on any atom is -0.503 e. The van der Waals surface area contributed by atoms with Crippen LogP contribution in [0.15, 0.2) is 24.3 Å². The fraction of sp³-hybridized carbons (Fsp3) is 0.238. The first-order valence-corrected chi connectivity index (χ1v) is 8.98. The van der Waals surface area contributed by atoms with Crippen molar-refractivity contribution in [1.82, 2.24) is 4.57 Å². The third-order valence-corrected chi connectivity index (χ3v) is 4.85. The second kappa shape index (κ2) is 7.81. The molecule has 1 aromatic heterocycles. The van der Waals surface area contributed by atoms with E-state index in [0.29, 0.717) is 6.07 Å². The van der Waals surface area contributed by atoms with Crippen LogP contribution in [0, 0.1) is 30.2 Å². The predicted molar refractivity (Wildman–Crippen MR) is 99.4 cm³/mol. The van der Waals surface area contributed by atoms with Gasteiger partial charge in [-0.15, -0.1) is 0 Å². The second-order valence-electron chi connectivity index (χ2n) is 6.66. The molecule has 1 N–H and O–H groups in total. The van der Waals surface area contributed by atoms with Crippen LogP contribution >= 0.6 is 0 Å². The van der Waals surface area contributed by atoms with Gasteiger partial charge in [-0.3, -0.25) is 14.2 Å². The molecule has 0 bridgehead atoms. The number of halogens is 4. The summed E-state index contributed by atoms with van der Waals surface area (Å²) in [5, 5.41) is 9.38. The molecular formula is C21H17F4NO4. The van der Waals surface area contributed by atoms with Gasteiger partial charge in [-0.25, -0.2) is 17.6 Å². The van der Waals surface area contributed by atoms with Crippen LogP contribution in [0.25, 0.3) is 10.9 Å². The maximum absolute atomic E-state index is 14.8. The van der Waals surface area contributed by atoms with Gasteiger partial charge in [-0.2, -0.15) is 0 Å². The first kappa shape index (κ1) is 21.4. The molecule has 0 saturated heterocycles. The van der Waals surface area contributed by atoms with Crippen LogP contribution in [0.2, 0.25) is 0 Å². The average molecular weight is 423 g/mol. The van der Waals surface area contributed by atoms with E-state index in [1.807, 2.05) is 0 Å².